The summed E-state index contributed by atoms with van der Waals surface area (Å²) in [6.07, 6.45) is -5.81. The van der Waals surface area contributed by atoms with Crippen LogP contribution in [0.15, 0.2) is 48.5 Å². The fraction of sp³-hybridized carbons (Fsp3) is 0.333. The summed E-state index contributed by atoms with van der Waals surface area (Å²) in [7, 11) is 0. The molecule has 0 spiro atoms. The van der Waals surface area contributed by atoms with Gasteiger partial charge in [-0.1, -0.05) is 12.1 Å². The Kier molecular flexibility index (Phi) is 6.00. The monoisotopic (exact) mass is 444 g/mol. The smallest absolute Gasteiger partial charge is 0.269 e. The summed E-state index contributed by atoms with van der Waals surface area (Å²) in [5.74, 6) is -1.34. The maximum Gasteiger partial charge on any atom is 0.269 e. The molecular formula is C21H20N2O9. The van der Waals surface area contributed by atoms with Crippen LogP contribution in [-0.4, -0.2) is 74.2 Å². The molecule has 1 fully saturated rings. The molecule has 2 aromatic carbocycles. The Morgan fingerprint density at radius 1 is 1.00 bits per heavy atom. The topological polar surface area (TPSA) is 160 Å². The molecule has 2 aromatic rings. The Balaban J connectivity index is 1.60. The van der Waals surface area contributed by atoms with E-state index in [2.05, 4.69) is 0 Å². The highest BCUT2D eigenvalue weighted by atomic mass is 16.7. The molecule has 0 unspecified atom stereocenters. The summed E-state index contributed by atoms with van der Waals surface area (Å²) in [5.41, 5.74) is 0.724. The average molecular weight is 444 g/mol. The van der Waals surface area contributed by atoms with Crippen LogP contribution in [0.5, 0.6) is 0 Å². The average Bonchev–Trinajstić information content (AvgIpc) is 3.05. The van der Waals surface area contributed by atoms with Gasteiger partial charge in [0.2, 0.25) is 0 Å². The van der Waals surface area contributed by atoms with E-state index < -0.39 is 54.0 Å². The number of carbonyl (C=O) groups is 2. The molecule has 0 bridgehead atoms. The van der Waals surface area contributed by atoms with Gasteiger partial charge in [0.05, 0.1) is 29.3 Å². The van der Waals surface area contributed by atoms with Gasteiger partial charge in [-0.3, -0.25) is 24.6 Å². The van der Waals surface area contributed by atoms with Crippen molar-refractivity contribution in [2.75, 3.05) is 6.61 Å². The highest BCUT2D eigenvalue weighted by molar-refractivity contribution is 6.21. The van der Waals surface area contributed by atoms with Crippen LogP contribution in [0.2, 0.25) is 0 Å². The van der Waals surface area contributed by atoms with Crippen LogP contribution in [0, 0.1) is 10.1 Å². The van der Waals surface area contributed by atoms with E-state index in [1.807, 2.05) is 0 Å². The molecule has 1 saturated heterocycles. The SMILES string of the molecule is O=C1c2ccccc2C(=O)N1[C@@H]1[C@@H](OCc2ccc([N+](=O)[O-])cc2)O[C@H](CO)[C@@H](O)[C@@H]1O. The molecule has 3 N–H and O–H groups in total. The molecule has 2 aliphatic rings. The first-order valence-corrected chi connectivity index (χ1v) is 9.77. The van der Waals surface area contributed by atoms with Crippen LogP contribution >= 0.6 is 0 Å². The van der Waals surface area contributed by atoms with Crippen LogP contribution < -0.4 is 0 Å². The second-order valence-electron chi connectivity index (χ2n) is 7.46. The normalized spacial score (nSPS) is 27.5. The van der Waals surface area contributed by atoms with Crippen molar-refractivity contribution < 1.29 is 39.3 Å². The fourth-order valence-corrected chi connectivity index (χ4v) is 3.85. The molecule has 32 heavy (non-hydrogen) atoms. The maximum atomic E-state index is 12.9. The van der Waals surface area contributed by atoms with E-state index in [-0.39, 0.29) is 23.4 Å². The number of hydrogen-bond acceptors (Lipinski definition) is 9. The summed E-state index contributed by atoms with van der Waals surface area (Å²) in [6.45, 7) is -0.770. The van der Waals surface area contributed by atoms with Crippen molar-refractivity contribution in [2.45, 2.75) is 37.3 Å². The Hall–Kier alpha value is -3.22. The molecular weight excluding hydrogens is 424 g/mol. The van der Waals surface area contributed by atoms with Crippen LogP contribution in [0.1, 0.15) is 26.3 Å². The third kappa shape index (κ3) is 3.76. The molecule has 11 nitrogen and oxygen atoms in total. The van der Waals surface area contributed by atoms with Crippen LogP contribution in [-0.2, 0) is 16.1 Å². The molecule has 4 rings (SSSR count). The van der Waals surface area contributed by atoms with Crippen molar-refractivity contribution in [3.05, 3.63) is 75.3 Å². The number of aliphatic hydroxyl groups is 3. The number of non-ortho nitro benzene ring substituents is 1. The van der Waals surface area contributed by atoms with Gasteiger partial charge in [0.25, 0.3) is 17.5 Å². The number of nitrogens with zero attached hydrogens (tertiary/aromatic N) is 2. The number of benzene rings is 2. The lowest BCUT2D eigenvalue weighted by Crippen LogP contribution is -2.65. The zero-order chi connectivity index (χ0) is 23.0. The van der Waals surface area contributed by atoms with Crippen molar-refractivity contribution in [1.29, 1.82) is 0 Å². The third-order valence-corrected chi connectivity index (χ3v) is 5.53. The lowest BCUT2D eigenvalue weighted by Gasteiger charge is -2.44. The van der Waals surface area contributed by atoms with E-state index in [0.29, 0.717) is 5.56 Å². The molecule has 5 atom stereocenters. The van der Waals surface area contributed by atoms with Crippen LogP contribution in [0.4, 0.5) is 5.69 Å². The summed E-state index contributed by atoms with van der Waals surface area (Å²) in [5, 5.41) is 41.4. The van der Waals surface area contributed by atoms with Gasteiger partial charge in [-0.15, -0.1) is 0 Å². The Morgan fingerprint density at radius 2 is 1.59 bits per heavy atom. The first-order valence-electron chi connectivity index (χ1n) is 9.77. The molecule has 2 amide bonds. The number of ether oxygens (including phenoxy) is 2. The van der Waals surface area contributed by atoms with Gasteiger partial charge >= 0.3 is 0 Å². The van der Waals surface area contributed by atoms with Gasteiger partial charge < -0.3 is 24.8 Å². The maximum absolute atomic E-state index is 12.9. The van der Waals surface area contributed by atoms with Gasteiger partial charge in [-0.05, 0) is 29.8 Å². The first-order chi connectivity index (χ1) is 15.3. The van der Waals surface area contributed by atoms with Crippen LogP contribution in [0.3, 0.4) is 0 Å². The number of imide groups is 1. The van der Waals surface area contributed by atoms with E-state index in [4.69, 9.17) is 9.47 Å². The van der Waals surface area contributed by atoms with E-state index in [1.54, 1.807) is 12.1 Å². The van der Waals surface area contributed by atoms with Gasteiger partial charge in [0, 0.05) is 12.1 Å². The van der Waals surface area contributed by atoms with Crippen molar-refractivity contribution >= 4 is 17.5 Å². The quantitative estimate of drug-likeness (QED) is 0.322. The molecule has 0 saturated carbocycles. The number of rotatable bonds is 6. The lowest BCUT2D eigenvalue weighted by atomic mass is 9.95. The minimum atomic E-state index is -1.65. The predicted molar refractivity (Wildman–Crippen MR) is 106 cm³/mol. The minimum Gasteiger partial charge on any atom is -0.394 e. The molecule has 2 aliphatic heterocycles. The second kappa shape index (κ2) is 8.73. The number of nitro groups is 1. The molecule has 0 radical (unpaired) electrons. The molecule has 0 aliphatic carbocycles. The van der Waals surface area contributed by atoms with Crippen LogP contribution in [0.25, 0.3) is 0 Å². The Bertz CT molecular complexity index is 1010. The summed E-state index contributed by atoms with van der Waals surface area (Å²) in [6, 6.07) is 10.3. The standard InChI is InChI=1S/C21H20N2O9/c24-9-15-17(25)18(26)16(22-19(27)13-3-1-2-4-14(13)20(22)28)21(32-15)31-10-11-5-7-12(8-6-11)23(29)30/h1-8,15-18,21,24-26H,9-10H2/t15-,16+,17-,18-,21+/m1/s1. The molecule has 0 aromatic heterocycles. The van der Waals surface area contributed by atoms with Crippen molar-refractivity contribution in [3.63, 3.8) is 0 Å². The fourth-order valence-electron chi connectivity index (χ4n) is 3.85. The number of hydrogen-bond donors (Lipinski definition) is 3. The molecule has 11 heteroatoms. The van der Waals surface area contributed by atoms with Crippen molar-refractivity contribution in [3.8, 4) is 0 Å². The second-order valence-corrected chi connectivity index (χ2v) is 7.46. The summed E-state index contributed by atoms with van der Waals surface area (Å²) < 4.78 is 11.3. The van der Waals surface area contributed by atoms with Gasteiger partial charge in [0.15, 0.2) is 6.29 Å². The zero-order valence-corrected chi connectivity index (χ0v) is 16.6. The van der Waals surface area contributed by atoms with E-state index in [0.717, 1.165) is 4.90 Å². The minimum absolute atomic E-state index is 0.106. The van der Waals surface area contributed by atoms with Crippen molar-refractivity contribution in [1.82, 2.24) is 4.90 Å². The predicted octanol–water partition coefficient (Wildman–Crippen LogP) is 0.215. The zero-order valence-electron chi connectivity index (χ0n) is 16.6. The number of fused-ring (bicyclic) bond motifs is 1. The van der Waals surface area contributed by atoms with Gasteiger partial charge in [-0.2, -0.15) is 0 Å². The van der Waals surface area contributed by atoms with E-state index >= 15 is 0 Å². The largest absolute Gasteiger partial charge is 0.394 e. The van der Waals surface area contributed by atoms with Gasteiger partial charge in [0.1, 0.15) is 24.4 Å². The first kappa shape index (κ1) is 22.0. The van der Waals surface area contributed by atoms with Crippen molar-refractivity contribution in [2.24, 2.45) is 0 Å². The lowest BCUT2D eigenvalue weighted by molar-refractivity contribution is -0.384. The number of carbonyl (C=O) groups excluding carboxylic acids is 2. The summed E-state index contributed by atoms with van der Waals surface area (Å²) >= 11 is 0. The highest BCUT2D eigenvalue weighted by Crippen LogP contribution is 2.33. The summed E-state index contributed by atoms with van der Waals surface area (Å²) in [4.78, 5) is 36.9. The number of aliphatic hydroxyl groups excluding tert-OH is 3. The molecule has 2 heterocycles. The third-order valence-electron chi connectivity index (χ3n) is 5.53. The molecule has 168 valence electrons. The number of amides is 2. The highest BCUT2D eigenvalue weighted by Gasteiger charge is 2.53. The number of nitro benzene ring substituents is 1. The Labute approximate surface area is 181 Å². The van der Waals surface area contributed by atoms with E-state index in [9.17, 15) is 35.0 Å². The Morgan fingerprint density at radius 3 is 2.12 bits per heavy atom. The van der Waals surface area contributed by atoms with E-state index in [1.165, 1.54) is 36.4 Å². The van der Waals surface area contributed by atoms with Gasteiger partial charge in [-0.25, -0.2) is 0 Å².